The van der Waals surface area contributed by atoms with Crippen LogP contribution in [0, 0.1) is 24.7 Å². The zero-order chi connectivity index (χ0) is 14.3. The highest BCUT2D eigenvalue weighted by molar-refractivity contribution is 8.00. The lowest BCUT2D eigenvalue weighted by atomic mass is 9.87. The number of carbonyl (C=O) groups is 2. The topological polar surface area (TPSA) is 57.6 Å². The molecule has 1 amide bonds. The number of β-lactam (4-membered cyclic amide) rings is 1. The first-order valence-electron chi connectivity index (χ1n) is 6.58. The van der Waals surface area contributed by atoms with Gasteiger partial charge in [-0.2, -0.15) is 0 Å². The quantitative estimate of drug-likeness (QED) is 0.635. The fraction of sp³-hybridized carbons (Fsp3) is 0.643. The third-order valence-corrected chi connectivity index (χ3v) is 4.99. The largest absolute Gasteiger partial charge is 0.477 e. The average molecular weight is 282 g/mol. The molecule has 1 unspecified atom stereocenters. The Balaban J connectivity index is 2.28. The van der Waals surface area contributed by atoms with Gasteiger partial charge in [0.05, 0.1) is 11.3 Å². The first-order chi connectivity index (χ1) is 8.84. The summed E-state index contributed by atoms with van der Waals surface area (Å²) in [5.41, 5.74) is 0.946. The third kappa shape index (κ3) is 2.40. The highest BCUT2D eigenvalue weighted by Crippen LogP contribution is 2.47. The minimum atomic E-state index is -1.01. The SMILES string of the molecule is [CH2-]C(C)C1=C(C(=O)O)N2C(=O)[C@@H](CC(C)C)[C@H]2SC1. The van der Waals surface area contributed by atoms with E-state index in [1.807, 2.05) is 6.92 Å². The van der Waals surface area contributed by atoms with Crippen molar-refractivity contribution in [1.29, 1.82) is 0 Å². The molecule has 0 saturated carbocycles. The average Bonchev–Trinajstić information content (AvgIpc) is 2.33. The fourth-order valence-electron chi connectivity index (χ4n) is 2.69. The van der Waals surface area contributed by atoms with Gasteiger partial charge in [-0.15, -0.1) is 17.7 Å². The van der Waals surface area contributed by atoms with Crippen LogP contribution in [-0.2, 0) is 9.59 Å². The Bertz CT molecular complexity index is 442. The molecule has 2 heterocycles. The van der Waals surface area contributed by atoms with Gasteiger partial charge in [-0.1, -0.05) is 26.3 Å². The molecule has 0 spiro atoms. The normalized spacial score (nSPS) is 28.3. The summed E-state index contributed by atoms with van der Waals surface area (Å²) in [4.78, 5) is 25.1. The van der Waals surface area contributed by atoms with E-state index in [0.29, 0.717) is 11.7 Å². The summed E-state index contributed by atoms with van der Waals surface area (Å²) in [5, 5.41) is 9.38. The Morgan fingerprint density at radius 3 is 2.63 bits per heavy atom. The lowest BCUT2D eigenvalue weighted by Crippen LogP contribution is -2.61. The van der Waals surface area contributed by atoms with Crippen LogP contribution in [0.15, 0.2) is 11.3 Å². The number of hydrogen-bond donors (Lipinski definition) is 1. The number of rotatable bonds is 4. The van der Waals surface area contributed by atoms with E-state index in [2.05, 4.69) is 20.8 Å². The summed E-state index contributed by atoms with van der Waals surface area (Å²) >= 11 is 1.67. The molecular formula is C14H20NO3S-. The van der Waals surface area contributed by atoms with E-state index in [4.69, 9.17) is 0 Å². The Labute approximate surface area is 118 Å². The lowest BCUT2D eigenvalue weighted by Gasteiger charge is -2.51. The van der Waals surface area contributed by atoms with Gasteiger partial charge in [0.1, 0.15) is 5.70 Å². The van der Waals surface area contributed by atoms with Crippen molar-refractivity contribution in [2.45, 2.75) is 32.6 Å². The summed E-state index contributed by atoms with van der Waals surface area (Å²) in [6.07, 6.45) is 0.829. The van der Waals surface area contributed by atoms with Gasteiger partial charge in [-0.05, 0) is 12.3 Å². The number of fused-ring (bicyclic) bond motifs is 1. The molecule has 0 aromatic heterocycles. The number of amides is 1. The Morgan fingerprint density at radius 1 is 1.53 bits per heavy atom. The van der Waals surface area contributed by atoms with Gasteiger partial charge in [0.2, 0.25) is 5.91 Å². The van der Waals surface area contributed by atoms with Crippen LogP contribution < -0.4 is 0 Å². The van der Waals surface area contributed by atoms with Gasteiger partial charge < -0.3 is 12.0 Å². The van der Waals surface area contributed by atoms with Crippen molar-refractivity contribution >= 4 is 23.6 Å². The zero-order valence-corrected chi connectivity index (χ0v) is 12.4. The standard InChI is InChI=1S/C14H20NO3S/c1-7(2)5-9-12(16)15-11(14(17)18)10(8(3)4)6-19-13(9)15/h7-9,13H,3,5-6H2,1-2,4H3,(H,17,18)/q-1/t8?,9-,13-/m1/s1. The minimum Gasteiger partial charge on any atom is -0.477 e. The minimum absolute atomic E-state index is 0.00324. The molecular weight excluding hydrogens is 262 g/mol. The summed E-state index contributed by atoms with van der Waals surface area (Å²) in [7, 11) is 0. The summed E-state index contributed by atoms with van der Waals surface area (Å²) in [6.45, 7) is 9.94. The van der Waals surface area contributed by atoms with Crippen LogP contribution in [0.25, 0.3) is 0 Å². The van der Waals surface area contributed by atoms with Crippen LogP contribution in [0.5, 0.6) is 0 Å². The molecule has 0 aromatic rings. The maximum absolute atomic E-state index is 12.2. The molecule has 106 valence electrons. The van der Waals surface area contributed by atoms with E-state index < -0.39 is 5.97 Å². The zero-order valence-electron chi connectivity index (χ0n) is 11.5. The third-order valence-electron chi connectivity index (χ3n) is 3.63. The van der Waals surface area contributed by atoms with Gasteiger partial charge in [0.25, 0.3) is 0 Å². The van der Waals surface area contributed by atoms with E-state index in [1.165, 1.54) is 4.90 Å². The molecule has 1 saturated heterocycles. The Morgan fingerprint density at radius 2 is 2.16 bits per heavy atom. The first kappa shape index (κ1) is 14.4. The lowest BCUT2D eigenvalue weighted by molar-refractivity contribution is -0.153. The molecule has 2 aliphatic heterocycles. The van der Waals surface area contributed by atoms with Crippen molar-refractivity contribution in [3.63, 3.8) is 0 Å². The van der Waals surface area contributed by atoms with Gasteiger partial charge in [-0.3, -0.25) is 9.69 Å². The number of carbonyl (C=O) groups excluding carboxylic acids is 1. The van der Waals surface area contributed by atoms with Crippen molar-refractivity contribution in [3.05, 3.63) is 18.2 Å². The molecule has 2 rings (SSSR count). The highest BCUT2D eigenvalue weighted by Gasteiger charge is 2.52. The van der Waals surface area contributed by atoms with Gasteiger partial charge in [0.15, 0.2) is 0 Å². The fourth-order valence-corrected chi connectivity index (χ4v) is 4.28. The maximum Gasteiger partial charge on any atom is 0.352 e. The monoisotopic (exact) mass is 282 g/mol. The Kier molecular flexibility index (Phi) is 3.95. The number of thioether (sulfide) groups is 1. The molecule has 0 aliphatic carbocycles. The second-order valence-electron chi connectivity index (χ2n) is 5.73. The predicted octanol–water partition coefficient (Wildman–Crippen LogP) is 2.37. The molecule has 4 nitrogen and oxygen atoms in total. The number of hydrogen-bond acceptors (Lipinski definition) is 3. The van der Waals surface area contributed by atoms with Crippen molar-refractivity contribution in [2.75, 3.05) is 5.75 Å². The molecule has 1 fully saturated rings. The van der Waals surface area contributed by atoms with Crippen LogP contribution in [0.4, 0.5) is 0 Å². The van der Waals surface area contributed by atoms with Gasteiger partial charge in [-0.25, -0.2) is 4.79 Å². The van der Waals surface area contributed by atoms with Gasteiger partial charge >= 0.3 is 5.97 Å². The van der Waals surface area contributed by atoms with E-state index in [-0.39, 0.29) is 28.8 Å². The second kappa shape index (κ2) is 5.19. The summed E-state index contributed by atoms with van der Waals surface area (Å²) in [6, 6.07) is 0. The molecule has 0 aromatic carbocycles. The van der Waals surface area contributed by atoms with E-state index >= 15 is 0 Å². The van der Waals surface area contributed by atoms with Crippen LogP contribution in [0.1, 0.15) is 27.2 Å². The van der Waals surface area contributed by atoms with Crippen LogP contribution in [0.3, 0.4) is 0 Å². The van der Waals surface area contributed by atoms with E-state index in [1.54, 1.807) is 11.8 Å². The molecule has 0 radical (unpaired) electrons. The number of nitrogens with zero attached hydrogens (tertiary/aromatic N) is 1. The molecule has 1 N–H and O–H groups in total. The maximum atomic E-state index is 12.2. The van der Waals surface area contributed by atoms with Crippen molar-refractivity contribution in [2.24, 2.45) is 17.8 Å². The van der Waals surface area contributed by atoms with E-state index in [0.717, 1.165) is 12.0 Å². The Hall–Kier alpha value is -0.970. The smallest absolute Gasteiger partial charge is 0.352 e. The highest BCUT2D eigenvalue weighted by atomic mass is 32.2. The van der Waals surface area contributed by atoms with Crippen molar-refractivity contribution in [1.82, 2.24) is 4.90 Å². The summed E-state index contributed by atoms with van der Waals surface area (Å²) in [5.74, 6) is -0.0525. The molecule has 5 heteroatoms. The molecule has 2 aliphatic rings. The predicted molar refractivity (Wildman–Crippen MR) is 75.2 cm³/mol. The van der Waals surface area contributed by atoms with Crippen molar-refractivity contribution in [3.8, 4) is 0 Å². The summed E-state index contributed by atoms with van der Waals surface area (Å²) < 4.78 is 0. The van der Waals surface area contributed by atoms with E-state index in [9.17, 15) is 14.7 Å². The molecule has 0 bridgehead atoms. The van der Waals surface area contributed by atoms with Crippen molar-refractivity contribution < 1.29 is 14.7 Å². The first-order valence-corrected chi connectivity index (χ1v) is 7.63. The molecule has 3 atom stereocenters. The van der Waals surface area contributed by atoms with Crippen LogP contribution in [0.2, 0.25) is 0 Å². The number of aliphatic carboxylic acids is 1. The second-order valence-corrected chi connectivity index (χ2v) is 6.83. The molecule has 19 heavy (non-hydrogen) atoms. The number of carboxylic acid groups (broad SMARTS) is 1. The number of carboxylic acids is 1. The van der Waals surface area contributed by atoms with Crippen LogP contribution in [-0.4, -0.2) is 33.0 Å². The van der Waals surface area contributed by atoms with Gasteiger partial charge in [0, 0.05) is 5.75 Å². The van der Waals surface area contributed by atoms with Crippen LogP contribution >= 0.6 is 11.8 Å².